The van der Waals surface area contributed by atoms with Gasteiger partial charge in [-0.1, -0.05) is 13.3 Å². The van der Waals surface area contributed by atoms with Crippen LogP contribution < -0.4 is 5.32 Å². The van der Waals surface area contributed by atoms with Gasteiger partial charge >= 0.3 is 0 Å². The molecule has 1 heterocycles. The minimum absolute atomic E-state index is 0.239. The van der Waals surface area contributed by atoms with Crippen LogP contribution in [0.2, 0.25) is 0 Å². The lowest BCUT2D eigenvalue weighted by atomic mass is 10.2. The zero-order valence-corrected chi connectivity index (χ0v) is 12.3. The molecule has 1 unspecified atom stereocenters. The Balaban J connectivity index is 1.87. The van der Waals surface area contributed by atoms with E-state index >= 15 is 0 Å². The molecule has 0 amide bonds. The van der Waals surface area contributed by atoms with E-state index in [1.807, 2.05) is 5.38 Å². The standard InChI is InChI=1S/C15H19FN2OS/c1-2-3-14(19)9-17-8-13-10-20-15(18-13)11-4-6-12(16)7-5-11/h4-7,10,14,17,19H,2-3,8-9H2,1H3. The Kier molecular flexibility index (Phi) is 5.64. The van der Waals surface area contributed by atoms with Crippen molar-refractivity contribution in [2.75, 3.05) is 6.54 Å². The fraction of sp³-hybridized carbons (Fsp3) is 0.400. The molecular weight excluding hydrogens is 275 g/mol. The third kappa shape index (κ3) is 4.37. The summed E-state index contributed by atoms with van der Waals surface area (Å²) in [4.78, 5) is 4.50. The largest absolute Gasteiger partial charge is 0.392 e. The summed E-state index contributed by atoms with van der Waals surface area (Å²) in [6.45, 7) is 3.27. The number of aliphatic hydroxyl groups excluding tert-OH is 1. The predicted octanol–water partition coefficient (Wildman–Crippen LogP) is 3.20. The fourth-order valence-electron chi connectivity index (χ4n) is 1.92. The summed E-state index contributed by atoms with van der Waals surface area (Å²) in [7, 11) is 0. The molecule has 1 aromatic heterocycles. The van der Waals surface area contributed by atoms with Crippen molar-refractivity contribution in [3.63, 3.8) is 0 Å². The molecule has 20 heavy (non-hydrogen) atoms. The van der Waals surface area contributed by atoms with Crippen LogP contribution in [0.15, 0.2) is 29.6 Å². The maximum absolute atomic E-state index is 12.9. The van der Waals surface area contributed by atoms with Crippen LogP contribution >= 0.6 is 11.3 Å². The third-order valence-corrected chi connectivity index (χ3v) is 3.89. The molecular formula is C15H19FN2OS. The predicted molar refractivity (Wildman–Crippen MR) is 80.1 cm³/mol. The summed E-state index contributed by atoms with van der Waals surface area (Å²) in [6.07, 6.45) is 1.49. The lowest BCUT2D eigenvalue weighted by Crippen LogP contribution is -2.26. The van der Waals surface area contributed by atoms with E-state index in [1.54, 1.807) is 23.5 Å². The number of nitrogens with one attached hydrogen (secondary N) is 1. The van der Waals surface area contributed by atoms with Crippen LogP contribution in [-0.4, -0.2) is 22.7 Å². The van der Waals surface area contributed by atoms with Crippen molar-refractivity contribution in [3.05, 3.63) is 41.2 Å². The number of hydrogen-bond acceptors (Lipinski definition) is 4. The summed E-state index contributed by atoms with van der Waals surface area (Å²) in [5, 5.41) is 15.7. The summed E-state index contributed by atoms with van der Waals surface area (Å²) < 4.78 is 12.9. The second-order valence-electron chi connectivity index (χ2n) is 4.72. The summed E-state index contributed by atoms with van der Waals surface area (Å²) in [6, 6.07) is 6.35. The van der Waals surface area contributed by atoms with E-state index < -0.39 is 0 Å². The van der Waals surface area contributed by atoms with Gasteiger partial charge in [0.1, 0.15) is 10.8 Å². The second kappa shape index (κ2) is 7.47. The molecule has 108 valence electrons. The highest BCUT2D eigenvalue weighted by molar-refractivity contribution is 7.13. The lowest BCUT2D eigenvalue weighted by molar-refractivity contribution is 0.160. The Morgan fingerprint density at radius 1 is 1.35 bits per heavy atom. The molecule has 0 saturated heterocycles. The molecule has 5 heteroatoms. The monoisotopic (exact) mass is 294 g/mol. The number of thiazole rings is 1. The van der Waals surface area contributed by atoms with E-state index in [9.17, 15) is 9.50 Å². The van der Waals surface area contributed by atoms with Crippen molar-refractivity contribution < 1.29 is 9.50 Å². The van der Waals surface area contributed by atoms with E-state index in [0.717, 1.165) is 29.1 Å². The molecule has 0 fully saturated rings. The molecule has 1 aromatic carbocycles. The normalized spacial score (nSPS) is 12.6. The number of rotatable bonds is 7. The molecule has 0 radical (unpaired) electrons. The Labute approximate surface area is 122 Å². The quantitative estimate of drug-likeness (QED) is 0.824. The van der Waals surface area contributed by atoms with Gasteiger partial charge in [-0.25, -0.2) is 9.37 Å². The van der Waals surface area contributed by atoms with Crippen LogP contribution in [-0.2, 0) is 6.54 Å². The smallest absolute Gasteiger partial charge is 0.123 e. The highest BCUT2D eigenvalue weighted by atomic mass is 32.1. The minimum atomic E-state index is -0.296. The van der Waals surface area contributed by atoms with E-state index in [2.05, 4.69) is 17.2 Å². The average Bonchev–Trinajstić information content (AvgIpc) is 2.89. The summed E-state index contributed by atoms with van der Waals surface area (Å²) >= 11 is 1.54. The molecule has 0 saturated carbocycles. The number of hydrogen-bond donors (Lipinski definition) is 2. The number of aliphatic hydroxyl groups is 1. The zero-order valence-electron chi connectivity index (χ0n) is 11.5. The molecule has 0 aliphatic carbocycles. The Morgan fingerprint density at radius 3 is 2.80 bits per heavy atom. The molecule has 2 aromatic rings. The van der Waals surface area contributed by atoms with Crippen molar-refractivity contribution >= 4 is 11.3 Å². The van der Waals surface area contributed by atoms with Crippen LogP contribution in [0.1, 0.15) is 25.5 Å². The maximum atomic E-state index is 12.9. The Bertz CT molecular complexity index is 527. The fourth-order valence-corrected chi connectivity index (χ4v) is 2.74. The van der Waals surface area contributed by atoms with Gasteiger partial charge in [-0.2, -0.15) is 0 Å². The molecule has 2 rings (SSSR count). The number of benzene rings is 1. The van der Waals surface area contributed by atoms with Crippen LogP contribution in [0.4, 0.5) is 4.39 Å². The molecule has 2 N–H and O–H groups in total. The Hall–Kier alpha value is -1.30. The van der Waals surface area contributed by atoms with Crippen molar-refractivity contribution in [2.24, 2.45) is 0 Å². The summed E-state index contributed by atoms with van der Waals surface area (Å²) in [5.41, 5.74) is 1.87. The van der Waals surface area contributed by atoms with Gasteiger partial charge in [-0.15, -0.1) is 11.3 Å². The highest BCUT2D eigenvalue weighted by Crippen LogP contribution is 2.23. The first kappa shape index (κ1) is 15.1. The van der Waals surface area contributed by atoms with Gasteiger partial charge in [0.25, 0.3) is 0 Å². The molecule has 1 atom stereocenters. The first-order valence-electron chi connectivity index (χ1n) is 6.78. The van der Waals surface area contributed by atoms with Crippen LogP contribution in [0.5, 0.6) is 0 Å². The van der Waals surface area contributed by atoms with Crippen molar-refractivity contribution in [2.45, 2.75) is 32.4 Å². The minimum Gasteiger partial charge on any atom is -0.392 e. The third-order valence-electron chi connectivity index (χ3n) is 2.95. The molecule has 3 nitrogen and oxygen atoms in total. The second-order valence-corrected chi connectivity index (χ2v) is 5.58. The number of nitrogens with zero attached hydrogens (tertiary/aromatic N) is 1. The van der Waals surface area contributed by atoms with Gasteiger partial charge in [0.05, 0.1) is 11.8 Å². The molecule has 0 aliphatic rings. The van der Waals surface area contributed by atoms with Gasteiger partial charge in [0.2, 0.25) is 0 Å². The average molecular weight is 294 g/mol. The number of aromatic nitrogens is 1. The van der Waals surface area contributed by atoms with Gasteiger partial charge < -0.3 is 10.4 Å². The molecule has 0 aliphatic heterocycles. The first-order valence-corrected chi connectivity index (χ1v) is 7.66. The van der Waals surface area contributed by atoms with Crippen LogP contribution in [0.25, 0.3) is 10.6 Å². The van der Waals surface area contributed by atoms with Crippen molar-refractivity contribution in [1.82, 2.24) is 10.3 Å². The molecule has 0 bridgehead atoms. The van der Waals surface area contributed by atoms with Gasteiger partial charge in [0, 0.05) is 24.0 Å². The van der Waals surface area contributed by atoms with Crippen molar-refractivity contribution in [3.8, 4) is 10.6 Å². The lowest BCUT2D eigenvalue weighted by Gasteiger charge is -2.09. The van der Waals surface area contributed by atoms with E-state index in [1.165, 1.54) is 12.1 Å². The zero-order chi connectivity index (χ0) is 14.4. The van der Waals surface area contributed by atoms with E-state index in [4.69, 9.17) is 0 Å². The number of halogens is 1. The van der Waals surface area contributed by atoms with Crippen LogP contribution in [0, 0.1) is 5.82 Å². The first-order chi connectivity index (χ1) is 9.69. The SMILES string of the molecule is CCCC(O)CNCc1csc(-c2ccc(F)cc2)n1. The van der Waals surface area contributed by atoms with Crippen LogP contribution in [0.3, 0.4) is 0 Å². The van der Waals surface area contributed by atoms with E-state index in [-0.39, 0.29) is 11.9 Å². The Morgan fingerprint density at radius 2 is 2.10 bits per heavy atom. The van der Waals surface area contributed by atoms with Crippen molar-refractivity contribution in [1.29, 1.82) is 0 Å². The van der Waals surface area contributed by atoms with Gasteiger partial charge in [-0.05, 0) is 30.7 Å². The highest BCUT2D eigenvalue weighted by Gasteiger charge is 2.06. The van der Waals surface area contributed by atoms with E-state index in [0.29, 0.717) is 13.1 Å². The van der Waals surface area contributed by atoms with Gasteiger partial charge in [-0.3, -0.25) is 0 Å². The summed E-state index contributed by atoms with van der Waals surface area (Å²) in [5.74, 6) is -0.239. The topological polar surface area (TPSA) is 45.1 Å². The van der Waals surface area contributed by atoms with Gasteiger partial charge in [0.15, 0.2) is 0 Å². The molecule has 0 spiro atoms. The maximum Gasteiger partial charge on any atom is 0.123 e.